The summed E-state index contributed by atoms with van der Waals surface area (Å²) in [4.78, 5) is 29.4. The summed E-state index contributed by atoms with van der Waals surface area (Å²) in [7, 11) is 0. The largest absolute Gasteiger partial charge is 0.354 e. The van der Waals surface area contributed by atoms with Crippen molar-refractivity contribution in [2.24, 2.45) is 5.92 Å². The Balaban J connectivity index is 1.50. The van der Waals surface area contributed by atoms with Gasteiger partial charge in [0, 0.05) is 36.7 Å². The Morgan fingerprint density at radius 2 is 2.16 bits per heavy atom. The van der Waals surface area contributed by atoms with Gasteiger partial charge in [-0.25, -0.2) is 0 Å². The highest BCUT2D eigenvalue weighted by Gasteiger charge is 2.26. The molecule has 1 atom stereocenters. The van der Waals surface area contributed by atoms with Gasteiger partial charge in [-0.2, -0.15) is 0 Å². The van der Waals surface area contributed by atoms with Crippen molar-refractivity contribution in [3.05, 3.63) is 22.4 Å². The first-order valence-corrected chi connectivity index (χ1v) is 11.0. The lowest BCUT2D eigenvalue weighted by Gasteiger charge is -2.36. The standard InChI is InChI=1S/C18H27N3O2S2/c1-14-4-7-20(8-5-14)15(16-3-2-11-24-16)13-19-17(22)6-9-21-10-12-25-18(21)23/h2-3,11,14-15H,4-10,12-13H2,1H3,(H,19,22). The Kier molecular flexibility index (Phi) is 6.78. The monoisotopic (exact) mass is 381 g/mol. The normalized spacial score (nSPS) is 20.8. The van der Waals surface area contributed by atoms with Crippen LogP contribution in [0.1, 0.15) is 37.1 Å². The lowest BCUT2D eigenvalue weighted by atomic mass is 9.97. The van der Waals surface area contributed by atoms with E-state index in [0.717, 1.165) is 31.3 Å². The molecule has 5 nitrogen and oxygen atoms in total. The summed E-state index contributed by atoms with van der Waals surface area (Å²) in [5, 5.41) is 5.31. The third kappa shape index (κ3) is 5.21. The van der Waals surface area contributed by atoms with E-state index in [9.17, 15) is 9.59 Å². The summed E-state index contributed by atoms with van der Waals surface area (Å²) in [5.74, 6) is 1.68. The summed E-state index contributed by atoms with van der Waals surface area (Å²) in [5.41, 5.74) is 0. The highest BCUT2D eigenvalue weighted by atomic mass is 32.2. The Morgan fingerprint density at radius 1 is 1.36 bits per heavy atom. The fourth-order valence-corrected chi connectivity index (χ4v) is 5.11. The number of amides is 2. The number of hydrogen-bond acceptors (Lipinski definition) is 5. The predicted octanol–water partition coefficient (Wildman–Crippen LogP) is 3.20. The lowest BCUT2D eigenvalue weighted by Crippen LogP contribution is -2.42. The number of thiophene rings is 1. The van der Waals surface area contributed by atoms with Crippen molar-refractivity contribution in [1.29, 1.82) is 0 Å². The van der Waals surface area contributed by atoms with Gasteiger partial charge in [0.25, 0.3) is 5.24 Å². The van der Waals surface area contributed by atoms with Crippen LogP contribution in [0.3, 0.4) is 0 Å². The van der Waals surface area contributed by atoms with Crippen LogP contribution in [-0.2, 0) is 4.79 Å². The van der Waals surface area contributed by atoms with Crippen LogP contribution < -0.4 is 5.32 Å². The molecule has 2 aliphatic rings. The zero-order valence-electron chi connectivity index (χ0n) is 14.8. The second kappa shape index (κ2) is 9.05. The molecule has 1 N–H and O–H groups in total. The summed E-state index contributed by atoms with van der Waals surface area (Å²) >= 11 is 3.11. The van der Waals surface area contributed by atoms with Gasteiger partial charge in [0.15, 0.2) is 0 Å². The molecule has 1 aromatic rings. The van der Waals surface area contributed by atoms with E-state index in [4.69, 9.17) is 0 Å². The van der Waals surface area contributed by atoms with Gasteiger partial charge in [0.1, 0.15) is 0 Å². The Labute approximate surface area is 158 Å². The van der Waals surface area contributed by atoms with E-state index in [-0.39, 0.29) is 17.2 Å². The number of piperidine rings is 1. The minimum Gasteiger partial charge on any atom is -0.354 e. The van der Waals surface area contributed by atoms with Gasteiger partial charge < -0.3 is 10.2 Å². The highest BCUT2D eigenvalue weighted by Crippen LogP contribution is 2.29. The van der Waals surface area contributed by atoms with Gasteiger partial charge in [-0.05, 0) is 43.3 Å². The first-order chi connectivity index (χ1) is 12.1. The molecule has 0 aliphatic carbocycles. The topological polar surface area (TPSA) is 52.7 Å². The molecule has 0 spiro atoms. The van der Waals surface area contributed by atoms with Gasteiger partial charge in [-0.1, -0.05) is 24.8 Å². The van der Waals surface area contributed by atoms with Crippen molar-refractivity contribution in [3.63, 3.8) is 0 Å². The fraction of sp³-hybridized carbons (Fsp3) is 0.667. The molecule has 2 saturated heterocycles. The SMILES string of the molecule is CC1CCN(C(CNC(=O)CCN2CCSC2=O)c2cccs2)CC1. The number of likely N-dealkylation sites (tertiary alicyclic amines) is 1. The Morgan fingerprint density at radius 3 is 2.80 bits per heavy atom. The number of carbonyl (C=O) groups is 2. The quantitative estimate of drug-likeness (QED) is 0.788. The van der Waals surface area contributed by atoms with Crippen molar-refractivity contribution in [3.8, 4) is 0 Å². The van der Waals surface area contributed by atoms with E-state index in [0.29, 0.717) is 19.5 Å². The predicted molar refractivity (Wildman–Crippen MR) is 104 cm³/mol. The lowest BCUT2D eigenvalue weighted by molar-refractivity contribution is -0.121. The number of nitrogens with one attached hydrogen (secondary N) is 1. The average Bonchev–Trinajstić information content (AvgIpc) is 3.27. The molecule has 1 unspecified atom stereocenters. The molecule has 7 heteroatoms. The number of carbonyl (C=O) groups excluding carboxylic acids is 2. The maximum atomic E-state index is 12.2. The van der Waals surface area contributed by atoms with E-state index in [1.54, 1.807) is 16.2 Å². The molecule has 0 radical (unpaired) electrons. The molecule has 0 aromatic carbocycles. The summed E-state index contributed by atoms with van der Waals surface area (Å²) in [6.45, 7) is 6.45. The maximum Gasteiger partial charge on any atom is 0.281 e. The smallest absolute Gasteiger partial charge is 0.281 e. The van der Waals surface area contributed by atoms with Crippen molar-refractivity contribution in [1.82, 2.24) is 15.1 Å². The minimum atomic E-state index is 0.0385. The first kappa shape index (κ1) is 18.7. The number of thioether (sulfide) groups is 1. The van der Waals surface area contributed by atoms with Crippen LogP contribution >= 0.6 is 23.1 Å². The third-order valence-electron chi connectivity index (χ3n) is 5.08. The first-order valence-electron chi connectivity index (χ1n) is 9.09. The molecule has 0 saturated carbocycles. The summed E-state index contributed by atoms with van der Waals surface area (Å²) < 4.78 is 0. The molecule has 2 fully saturated rings. The fourth-order valence-electron chi connectivity index (χ4n) is 3.39. The van der Waals surface area contributed by atoms with E-state index >= 15 is 0 Å². The third-order valence-corrected chi connectivity index (χ3v) is 6.94. The van der Waals surface area contributed by atoms with Crippen LogP contribution in [0.5, 0.6) is 0 Å². The highest BCUT2D eigenvalue weighted by molar-refractivity contribution is 8.13. The van der Waals surface area contributed by atoms with Crippen LogP contribution in [-0.4, -0.2) is 59.4 Å². The van der Waals surface area contributed by atoms with Crippen LogP contribution in [0.2, 0.25) is 0 Å². The molecule has 0 bridgehead atoms. The number of hydrogen-bond donors (Lipinski definition) is 1. The van der Waals surface area contributed by atoms with Crippen molar-refractivity contribution >= 4 is 34.2 Å². The maximum absolute atomic E-state index is 12.2. The van der Waals surface area contributed by atoms with Crippen molar-refractivity contribution < 1.29 is 9.59 Å². The molecular weight excluding hydrogens is 354 g/mol. The van der Waals surface area contributed by atoms with Gasteiger partial charge in [-0.15, -0.1) is 11.3 Å². The van der Waals surface area contributed by atoms with Crippen LogP contribution in [0.15, 0.2) is 17.5 Å². The zero-order valence-corrected chi connectivity index (χ0v) is 16.4. The molecule has 3 heterocycles. The van der Waals surface area contributed by atoms with Gasteiger partial charge in [-0.3, -0.25) is 14.5 Å². The van der Waals surface area contributed by atoms with Crippen molar-refractivity contribution in [2.45, 2.75) is 32.2 Å². The van der Waals surface area contributed by atoms with E-state index in [1.807, 2.05) is 0 Å². The van der Waals surface area contributed by atoms with Gasteiger partial charge in [0.05, 0.1) is 6.04 Å². The zero-order chi connectivity index (χ0) is 17.6. The van der Waals surface area contributed by atoms with Crippen LogP contribution in [0.4, 0.5) is 4.79 Å². The molecule has 3 rings (SSSR count). The molecule has 25 heavy (non-hydrogen) atoms. The van der Waals surface area contributed by atoms with E-state index in [2.05, 4.69) is 34.7 Å². The summed E-state index contributed by atoms with van der Waals surface area (Å²) in [6, 6.07) is 4.51. The molecular formula is C18H27N3O2S2. The second-order valence-corrected chi connectivity index (χ2v) is 8.93. The number of nitrogens with zero attached hydrogens (tertiary/aromatic N) is 2. The minimum absolute atomic E-state index is 0.0385. The van der Waals surface area contributed by atoms with Gasteiger partial charge in [0.2, 0.25) is 5.91 Å². The van der Waals surface area contributed by atoms with E-state index in [1.165, 1.54) is 29.5 Å². The Bertz CT molecular complexity index is 571. The van der Waals surface area contributed by atoms with E-state index < -0.39 is 0 Å². The molecule has 1 aromatic heterocycles. The molecule has 138 valence electrons. The van der Waals surface area contributed by atoms with Crippen LogP contribution in [0, 0.1) is 5.92 Å². The molecule has 2 aliphatic heterocycles. The molecule has 2 amide bonds. The van der Waals surface area contributed by atoms with Gasteiger partial charge >= 0.3 is 0 Å². The second-order valence-electron chi connectivity index (χ2n) is 6.91. The number of rotatable bonds is 7. The Hall–Kier alpha value is -1.05. The van der Waals surface area contributed by atoms with Crippen molar-refractivity contribution in [2.75, 3.05) is 38.5 Å². The summed E-state index contributed by atoms with van der Waals surface area (Å²) in [6.07, 6.45) is 2.84. The van der Waals surface area contributed by atoms with Crippen LogP contribution in [0.25, 0.3) is 0 Å². The average molecular weight is 382 g/mol.